The molecule has 0 aliphatic rings. The first-order valence-corrected chi connectivity index (χ1v) is 22.2. The second-order valence-corrected chi connectivity index (χ2v) is 16.5. The number of carbonyl (C=O) groups is 1. The molecule has 0 bridgehead atoms. The zero-order chi connectivity index (χ0) is 38.4. The van der Waals surface area contributed by atoms with Crippen LogP contribution in [0.4, 0.5) is 0 Å². The molecule has 11 nitrogen and oxygen atoms in total. The third kappa shape index (κ3) is 40.3. The molecule has 0 aliphatic heterocycles. The van der Waals surface area contributed by atoms with Crippen molar-refractivity contribution in [1.82, 2.24) is 0 Å². The summed E-state index contributed by atoms with van der Waals surface area (Å²) in [4.78, 5) is 21.4. The number of hydrogen-bond donors (Lipinski definition) is 1. The minimum atomic E-state index is -4.22. The average molecular weight is 767 g/mol. The van der Waals surface area contributed by atoms with Crippen LogP contribution in [-0.4, -0.2) is 95.8 Å². The maximum atomic E-state index is 12.4. The van der Waals surface area contributed by atoms with Gasteiger partial charge in [0.05, 0.1) is 40.6 Å². The lowest BCUT2D eigenvalue weighted by Gasteiger charge is -2.24. The third-order valence-electron chi connectivity index (χ3n) is 8.82. The standard InChI is InChI=1S/C40H80NO10P/c1-6-8-9-10-11-12-13-14-16-19-23-26-29-33-46-38-49-39(36-51-52(43,44)50-34-31-41(3,4)5)35-47-37-45-32-28-25-22-20-17-15-18-21-24-27-30-40(42)48-7-2/h7,39H,2,6,8-38H2,1,3-5H3/p+1. The zero-order valence-corrected chi connectivity index (χ0v) is 34.9. The summed E-state index contributed by atoms with van der Waals surface area (Å²) < 4.78 is 50.9. The van der Waals surface area contributed by atoms with Gasteiger partial charge in [0.15, 0.2) is 0 Å². The first kappa shape index (κ1) is 51.1. The maximum absolute atomic E-state index is 12.4. The molecule has 0 rings (SSSR count). The normalized spacial score (nSPS) is 13.6. The smallest absolute Gasteiger partial charge is 0.435 e. The van der Waals surface area contributed by atoms with E-state index in [1.54, 1.807) is 0 Å². The van der Waals surface area contributed by atoms with Gasteiger partial charge in [-0.15, -0.1) is 0 Å². The Bertz CT molecular complexity index is 842. The van der Waals surface area contributed by atoms with E-state index in [4.69, 9.17) is 32.7 Å². The highest BCUT2D eigenvalue weighted by Gasteiger charge is 2.25. The molecule has 0 spiro atoms. The average Bonchev–Trinajstić information content (AvgIpc) is 3.09. The van der Waals surface area contributed by atoms with Gasteiger partial charge < -0.3 is 33.1 Å². The fourth-order valence-electron chi connectivity index (χ4n) is 5.55. The molecule has 0 fully saturated rings. The number of nitrogens with zero attached hydrogens (tertiary/aromatic N) is 1. The molecular weight excluding hydrogens is 685 g/mol. The molecule has 0 saturated carbocycles. The molecule has 0 aliphatic carbocycles. The van der Waals surface area contributed by atoms with Gasteiger partial charge in [0.1, 0.15) is 32.8 Å². The number of likely N-dealkylation sites (N-methyl/N-ethyl adjacent to an activating group) is 1. The summed E-state index contributed by atoms with van der Waals surface area (Å²) in [7, 11) is 1.72. The highest BCUT2D eigenvalue weighted by molar-refractivity contribution is 7.47. The van der Waals surface area contributed by atoms with Crippen LogP contribution in [-0.2, 0) is 42.1 Å². The van der Waals surface area contributed by atoms with Crippen molar-refractivity contribution in [1.29, 1.82) is 0 Å². The highest BCUT2D eigenvalue weighted by atomic mass is 31.2. The van der Waals surface area contributed by atoms with Gasteiger partial charge in [0, 0.05) is 19.6 Å². The van der Waals surface area contributed by atoms with E-state index in [1.807, 2.05) is 21.1 Å². The van der Waals surface area contributed by atoms with Crippen LogP contribution in [0.25, 0.3) is 0 Å². The maximum Gasteiger partial charge on any atom is 0.472 e. The lowest BCUT2D eigenvalue weighted by atomic mass is 10.0. The van der Waals surface area contributed by atoms with E-state index in [0.29, 0.717) is 30.7 Å². The number of quaternary nitrogens is 1. The van der Waals surface area contributed by atoms with Crippen LogP contribution >= 0.6 is 7.82 Å². The van der Waals surface area contributed by atoms with E-state index in [0.717, 1.165) is 44.9 Å². The fraction of sp³-hybridized carbons (Fsp3) is 0.925. The highest BCUT2D eigenvalue weighted by Crippen LogP contribution is 2.43. The molecule has 0 radical (unpaired) electrons. The number of hydrogen-bond acceptors (Lipinski definition) is 9. The number of carbonyl (C=O) groups excluding carboxylic acids is 1. The Kier molecular flexibility index (Phi) is 36.4. The molecule has 2 atom stereocenters. The van der Waals surface area contributed by atoms with E-state index in [-0.39, 0.29) is 39.4 Å². The molecule has 0 aromatic carbocycles. The van der Waals surface area contributed by atoms with Gasteiger partial charge in [0.2, 0.25) is 0 Å². The second kappa shape index (κ2) is 37.1. The van der Waals surface area contributed by atoms with Gasteiger partial charge in [-0.25, -0.2) is 4.57 Å². The number of phosphoric acid groups is 1. The molecule has 1 N–H and O–H groups in total. The van der Waals surface area contributed by atoms with E-state index >= 15 is 0 Å². The molecule has 0 aromatic rings. The predicted molar refractivity (Wildman–Crippen MR) is 210 cm³/mol. The summed E-state index contributed by atoms with van der Waals surface area (Å²) in [6, 6.07) is 0. The van der Waals surface area contributed by atoms with Crippen molar-refractivity contribution in [3.05, 3.63) is 12.8 Å². The Morgan fingerprint density at radius 3 is 1.58 bits per heavy atom. The summed E-state index contributed by atoms with van der Waals surface area (Å²) in [6.07, 6.45) is 29.2. The Hall–Kier alpha value is -0.880. The van der Waals surface area contributed by atoms with Crippen molar-refractivity contribution in [3.8, 4) is 0 Å². The van der Waals surface area contributed by atoms with Crippen molar-refractivity contribution < 1.29 is 51.5 Å². The van der Waals surface area contributed by atoms with E-state index < -0.39 is 13.9 Å². The van der Waals surface area contributed by atoms with E-state index in [2.05, 4.69) is 13.5 Å². The van der Waals surface area contributed by atoms with Gasteiger partial charge in [-0.1, -0.05) is 142 Å². The van der Waals surface area contributed by atoms with Gasteiger partial charge in [-0.3, -0.25) is 13.8 Å². The van der Waals surface area contributed by atoms with Crippen LogP contribution < -0.4 is 0 Å². The SMILES string of the molecule is C=COC(=O)CCCCCCCCCCCCOCOCC(COP(=O)(O)OCC[N+](C)(C)C)OCOCCCCCCCCCCCCCCC. The summed E-state index contributed by atoms with van der Waals surface area (Å²) in [5, 5.41) is 0. The molecule has 52 heavy (non-hydrogen) atoms. The molecular formula is C40H81NO10P+. The van der Waals surface area contributed by atoms with Crippen molar-refractivity contribution in [2.45, 2.75) is 167 Å². The largest absolute Gasteiger partial charge is 0.472 e. The third-order valence-corrected chi connectivity index (χ3v) is 9.81. The molecule has 310 valence electrons. The zero-order valence-electron chi connectivity index (χ0n) is 34.0. The Balaban J connectivity index is 4.06. The van der Waals surface area contributed by atoms with Crippen LogP contribution in [0.3, 0.4) is 0 Å². The number of unbranched alkanes of at least 4 members (excludes halogenated alkanes) is 21. The van der Waals surface area contributed by atoms with Gasteiger partial charge in [-0.05, 0) is 19.3 Å². The fourth-order valence-corrected chi connectivity index (χ4v) is 6.29. The minimum absolute atomic E-state index is 0.0567. The molecule has 0 amide bonds. The molecule has 12 heteroatoms. The lowest BCUT2D eigenvalue weighted by molar-refractivity contribution is -0.870. The number of esters is 1. The Labute approximate surface area is 319 Å². The Morgan fingerprint density at radius 1 is 0.635 bits per heavy atom. The first-order valence-electron chi connectivity index (χ1n) is 20.7. The van der Waals surface area contributed by atoms with Crippen molar-refractivity contribution >= 4 is 13.8 Å². The predicted octanol–water partition coefficient (Wildman–Crippen LogP) is 10.2. The number of phosphoric ester groups is 1. The number of rotatable bonds is 42. The Morgan fingerprint density at radius 2 is 1.10 bits per heavy atom. The molecule has 0 aromatic heterocycles. The molecule has 0 heterocycles. The van der Waals surface area contributed by atoms with Crippen LogP contribution in [0, 0.1) is 0 Å². The van der Waals surface area contributed by atoms with Crippen LogP contribution in [0.15, 0.2) is 12.8 Å². The molecule has 2 unspecified atom stereocenters. The van der Waals surface area contributed by atoms with Crippen molar-refractivity contribution in [2.24, 2.45) is 0 Å². The van der Waals surface area contributed by atoms with E-state index in [9.17, 15) is 14.3 Å². The monoisotopic (exact) mass is 767 g/mol. The van der Waals surface area contributed by atoms with Crippen LogP contribution in [0.5, 0.6) is 0 Å². The van der Waals surface area contributed by atoms with E-state index in [1.165, 1.54) is 109 Å². The van der Waals surface area contributed by atoms with Gasteiger partial charge in [-0.2, -0.15) is 0 Å². The van der Waals surface area contributed by atoms with Crippen molar-refractivity contribution in [2.75, 3.05) is 74.3 Å². The molecule has 0 saturated heterocycles. The minimum Gasteiger partial charge on any atom is -0.435 e. The first-order chi connectivity index (χ1) is 25.1. The van der Waals surface area contributed by atoms with Crippen molar-refractivity contribution in [3.63, 3.8) is 0 Å². The summed E-state index contributed by atoms with van der Waals surface area (Å²) in [6.45, 7) is 7.70. The lowest BCUT2D eigenvalue weighted by Crippen LogP contribution is -2.37. The number of ether oxygens (including phenoxy) is 5. The van der Waals surface area contributed by atoms with Gasteiger partial charge >= 0.3 is 13.8 Å². The quantitative estimate of drug-likeness (QED) is 0.0161. The summed E-state index contributed by atoms with van der Waals surface area (Å²) in [5.41, 5.74) is 0. The second-order valence-electron chi connectivity index (χ2n) is 15.0. The van der Waals surface area contributed by atoms with Crippen LogP contribution in [0.1, 0.15) is 161 Å². The summed E-state index contributed by atoms with van der Waals surface area (Å²) >= 11 is 0. The topological polar surface area (TPSA) is 119 Å². The van der Waals surface area contributed by atoms with Crippen LogP contribution in [0.2, 0.25) is 0 Å². The van der Waals surface area contributed by atoms with Gasteiger partial charge in [0.25, 0.3) is 0 Å². The summed E-state index contributed by atoms with van der Waals surface area (Å²) in [5.74, 6) is -0.197.